The Morgan fingerprint density at radius 2 is 2.30 bits per heavy atom. The Morgan fingerprint density at radius 3 is 2.95 bits per heavy atom. The van der Waals surface area contributed by atoms with Crippen LogP contribution in [0.5, 0.6) is 0 Å². The van der Waals surface area contributed by atoms with Crippen LogP contribution in [-0.2, 0) is 4.74 Å². The Balaban J connectivity index is 1.71. The lowest BCUT2D eigenvalue weighted by Gasteiger charge is -2.02. The van der Waals surface area contributed by atoms with Crippen LogP contribution in [0.1, 0.15) is 39.3 Å². The summed E-state index contributed by atoms with van der Waals surface area (Å²) in [5.41, 5.74) is 0.328. The Morgan fingerprint density at radius 1 is 1.45 bits per heavy atom. The topological polar surface area (TPSA) is 77.0 Å². The lowest BCUT2D eigenvalue weighted by Crippen LogP contribution is -2.13. The van der Waals surface area contributed by atoms with Crippen molar-refractivity contribution in [3.8, 4) is 0 Å². The highest BCUT2D eigenvalue weighted by atomic mass is 35.5. The molecule has 106 valence electrons. The minimum Gasteiger partial charge on any atom is -0.371 e. The fourth-order valence-corrected chi connectivity index (χ4v) is 3.80. The van der Waals surface area contributed by atoms with E-state index in [2.05, 4.69) is 20.5 Å². The second kappa shape index (κ2) is 5.72. The van der Waals surface area contributed by atoms with E-state index in [-0.39, 0.29) is 12.0 Å². The van der Waals surface area contributed by atoms with Crippen molar-refractivity contribution in [1.29, 1.82) is 0 Å². The van der Waals surface area contributed by atoms with E-state index in [1.54, 1.807) is 6.92 Å². The molecule has 2 aromatic rings. The fraction of sp³-hybridized carbons (Fsp3) is 0.455. The van der Waals surface area contributed by atoms with Crippen molar-refractivity contribution in [2.75, 3.05) is 11.9 Å². The van der Waals surface area contributed by atoms with Gasteiger partial charge in [0.25, 0.3) is 5.91 Å². The maximum absolute atomic E-state index is 12.1. The first kappa shape index (κ1) is 13.9. The standard InChI is InChI=1S/C11H11ClN4O2S2/c1-5-7(13-10(12)19-5)8(17)14-11-16-15-9(20-11)6-3-2-4-18-6/h6H,2-4H2,1H3,(H,14,16,17)/t6-/m1/s1. The molecular weight excluding hydrogens is 320 g/mol. The summed E-state index contributed by atoms with van der Waals surface area (Å²) in [5.74, 6) is -0.319. The highest BCUT2D eigenvalue weighted by molar-refractivity contribution is 7.16. The molecule has 1 aliphatic heterocycles. The van der Waals surface area contributed by atoms with E-state index < -0.39 is 0 Å². The molecule has 0 saturated carbocycles. The van der Waals surface area contributed by atoms with Gasteiger partial charge in [0, 0.05) is 11.5 Å². The maximum Gasteiger partial charge on any atom is 0.277 e. The van der Waals surface area contributed by atoms with Crippen LogP contribution in [0.25, 0.3) is 0 Å². The van der Waals surface area contributed by atoms with Gasteiger partial charge in [0.2, 0.25) is 5.13 Å². The maximum atomic E-state index is 12.1. The van der Waals surface area contributed by atoms with Gasteiger partial charge in [-0.1, -0.05) is 22.9 Å². The lowest BCUT2D eigenvalue weighted by atomic mass is 10.2. The molecular formula is C11H11ClN4O2S2. The molecule has 1 atom stereocenters. The molecule has 0 unspecified atom stereocenters. The summed E-state index contributed by atoms with van der Waals surface area (Å²) in [5, 5.41) is 12.0. The van der Waals surface area contributed by atoms with Crippen LogP contribution in [0.15, 0.2) is 0 Å². The second-order valence-electron chi connectivity index (χ2n) is 4.27. The van der Waals surface area contributed by atoms with Crippen molar-refractivity contribution < 1.29 is 9.53 Å². The van der Waals surface area contributed by atoms with Crippen molar-refractivity contribution in [2.24, 2.45) is 0 Å². The molecule has 0 bridgehead atoms. The summed E-state index contributed by atoms with van der Waals surface area (Å²) >= 11 is 8.39. The third-order valence-electron chi connectivity index (χ3n) is 2.85. The quantitative estimate of drug-likeness (QED) is 0.935. The van der Waals surface area contributed by atoms with E-state index >= 15 is 0 Å². The van der Waals surface area contributed by atoms with Crippen LogP contribution < -0.4 is 5.32 Å². The predicted molar refractivity (Wildman–Crippen MR) is 77.7 cm³/mol. The number of rotatable bonds is 3. The molecule has 1 fully saturated rings. The van der Waals surface area contributed by atoms with Crippen LogP contribution in [0.3, 0.4) is 0 Å². The number of nitrogens with one attached hydrogen (secondary N) is 1. The number of amides is 1. The number of carbonyl (C=O) groups is 1. The van der Waals surface area contributed by atoms with Crippen LogP contribution in [0.4, 0.5) is 5.13 Å². The predicted octanol–water partition coefficient (Wildman–Crippen LogP) is 3.06. The summed E-state index contributed by atoms with van der Waals surface area (Å²) in [6.07, 6.45) is 1.99. The average Bonchev–Trinajstić information content (AvgIpc) is 3.09. The normalized spacial score (nSPS) is 18.4. The Kier molecular flexibility index (Phi) is 3.97. The highest BCUT2D eigenvalue weighted by Crippen LogP contribution is 2.32. The van der Waals surface area contributed by atoms with Crippen LogP contribution in [0.2, 0.25) is 4.47 Å². The summed E-state index contributed by atoms with van der Waals surface area (Å²) < 4.78 is 5.88. The monoisotopic (exact) mass is 330 g/mol. The zero-order valence-electron chi connectivity index (χ0n) is 10.6. The molecule has 3 rings (SSSR count). The molecule has 20 heavy (non-hydrogen) atoms. The van der Waals surface area contributed by atoms with Gasteiger partial charge in [0.1, 0.15) is 16.8 Å². The number of thiazole rings is 1. The SMILES string of the molecule is Cc1sc(Cl)nc1C(=O)Nc1nnc([C@H]2CCCO2)s1. The third kappa shape index (κ3) is 2.83. The first-order chi connectivity index (χ1) is 9.63. The Hall–Kier alpha value is -1.09. The van der Waals surface area contributed by atoms with Crippen molar-refractivity contribution in [1.82, 2.24) is 15.2 Å². The van der Waals surface area contributed by atoms with Crippen LogP contribution >= 0.6 is 34.3 Å². The zero-order chi connectivity index (χ0) is 14.1. The number of aryl methyl sites for hydroxylation is 1. The molecule has 1 saturated heterocycles. The lowest BCUT2D eigenvalue weighted by molar-refractivity contribution is 0.102. The molecule has 9 heteroatoms. The Bertz CT molecular complexity index is 636. The molecule has 0 aliphatic carbocycles. The van der Waals surface area contributed by atoms with Crippen molar-refractivity contribution in [3.63, 3.8) is 0 Å². The van der Waals surface area contributed by atoms with Gasteiger partial charge < -0.3 is 4.74 Å². The van der Waals surface area contributed by atoms with Gasteiger partial charge in [-0.05, 0) is 19.8 Å². The van der Waals surface area contributed by atoms with Gasteiger partial charge in [-0.15, -0.1) is 21.5 Å². The van der Waals surface area contributed by atoms with Gasteiger partial charge in [-0.3, -0.25) is 10.1 Å². The Labute approximate surface area is 128 Å². The number of nitrogens with zero attached hydrogens (tertiary/aromatic N) is 3. The smallest absolute Gasteiger partial charge is 0.277 e. The van der Waals surface area contributed by atoms with E-state index in [1.165, 1.54) is 22.7 Å². The first-order valence-corrected chi connectivity index (χ1v) is 8.04. The molecule has 2 aromatic heterocycles. The number of carbonyl (C=O) groups excluding carboxylic acids is 1. The van der Waals surface area contributed by atoms with Gasteiger partial charge >= 0.3 is 0 Å². The number of anilines is 1. The highest BCUT2D eigenvalue weighted by Gasteiger charge is 2.23. The molecule has 6 nitrogen and oxygen atoms in total. The van der Waals surface area contributed by atoms with Crippen molar-refractivity contribution >= 4 is 45.3 Å². The molecule has 0 aromatic carbocycles. The molecule has 1 amide bonds. The molecule has 0 radical (unpaired) electrons. The number of halogens is 1. The van der Waals surface area contributed by atoms with E-state index in [0.29, 0.717) is 15.3 Å². The van der Waals surface area contributed by atoms with Crippen molar-refractivity contribution in [3.05, 3.63) is 20.0 Å². The number of ether oxygens (including phenoxy) is 1. The zero-order valence-corrected chi connectivity index (χ0v) is 12.9. The van der Waals surface area contributed by atoms with Crippen LogP contribution in [-0.4, -0.2) is 27.7 Å². The molecule has 1 aliphatic rings. The summed E-state index contributed by atoms with van der Waals surface area (Å²) in [7, 11) is 0. The van der Waals surface area contributed by atoms with Crippen LogP contribution in [0, 0.1) is 6.92 Å². The van der Waals surface area contributed by atoms with E-state index in [0.717, 1.165) is 29.3 Å². The number of hydrogen-bond acceptors (Lipinski definition) is 7. The molecule has 3 heterocycles. The van der Waals surface area contributed by atoms with Crippen molar-refractivity contribution in [2.45, 2.75) is 25.9 Å². The number of hydrogen-bond donors (Lipinski definition) is 1. The van der Waals surface area contributed by atoms with Gasteiger partial charge in [-0.25, -0.2) is 4.98 Å². The van der Waals surface area contributed by atoms with Gasteiger partial charge in [0.05, 0.1) is 0 Å². The molecule has 0 spiro atoms. The summed E-state index contributed by atoms with van der Waals surface area (Å²) in [6.45, 7) is 2.55. The van der Waals surface area contributed by atoms with E-state index in [4.69, 9.17) is 16.3 Å². The summed E-state index contributed by atoms with van der Waals surface area (Å²) in [4.78, 5) is 16.8. The minimum atomic E-state index is -0.319. The number of aromatic nitrogens is 3. The van der Waals surface area contributed by atoms with Gasteiger partial charge in [-0.2, -0.15) is 0 Å². The molecule has 1 N–H and O–H groups in total. The minimum absolute atomic E-state index is 0.00797. The third-order valence-corrected chi connectivity index (χ3v) is 4.86. The fourth-order valence-electron chi connectivity index (χ4n) is 1.92. The van der Waals surface area contributed by atoms with Gasteiger partial charge in [0.15, 0.2) is 4.47 Å². The largest absolute Gasteiger partial charge is 0.371 e. The van der Waals surface area contributed by atoms with E-state index in [9.17, 15) is 4.79 Å². The average molecular weight is 331 g/mol. The second-order valence-corrected chi connectivity index (χ2v) is 7.07. The first-order valence-electron chi connectivity index (χ1n) is 6.03. The van der Waals surface area contributed by atoms with E-state index in [1.807, 2.05) is 0 Å². The summed E-state index contributed by atoms with van der Waals surface area (Å²) in [6, 6.07) is 0.